The summed E-state index contributed by atoms with van der Waals surface area (Å²) < 4.78 is 34.2. The summed E-state index contributed by atoms with van der Waals surface area (Å²) in [5.41, 5.74) is 3.86. The summed E-state index contributed by atoms with van der Waals surface area (Å²) >= 11 is 2.18. The maximum Gasteiger partial charge on any atom is 0.273 e. The maximum absolute atomic E-state index is 13.6. The Labute approximate surface area is 222 Å². The van der Waals surface area contributed by atoms with Crippen molar-refractivity contribution in [3.63, 3.8) is 0 Å². The fourth-order valence-electron chi connectivity index (χ4n) is 3.20. The highest BCUT2D eigenvalue weighted by molar-refractivity contribution is 14.1. The molecule has 0 heterocycles. The zero-order valence-corrected chi connectivity index (χ0v) is 22.6. The van der Waals surface area contributed by atoms with Crippen molar-refractivity contribution < 1.29 is 22.9 Å². The first-order valence-corrected chi connectivity index (χ1v) is 13.1. The lowest BCUT2D eigenvalue weighted by Crippen LogP contribution is -2.39. The minimum Gasteiger partial charge on any atom is -0.497 e. The average molecular weight is 622 g/mol. The fraction of sp³-hybridized carbons (Fsp3) is 0.167. The minimum absolute atomic E-state index is 0.174. The number of hydrogen-bond donors (Lipinski definition) is 1. The van der Waals surface area contributed by atoms with Gasteiger partial charge in [-0.05, 0) is 84.5 Å². The molecule has 0 unspecified atom stereocenters. The summed E-state index contributed by atoms with van der Waals surface area (Å²) in [6.07, 6.45) is 0. The van der Waals surface area contributed by atoms with Crippen molar-refractivity contribution in [3.8, 4) is 5.75 Å². The monoisotopic (exact) mass is 622 g/mol. The fourth-order valence-corrected chi connectivity index (χ4v) is 5.01. The van der Waals surface area contributed by atoms with Gasteiger partial charge in [0.15, 0.2) is 0 Å². The molecule has 0 atom stereocenters. The Morgan fingerprint density at radius 2 is 1.75 bits per heavy atom. The molecule has 0 saturated carbocycles. The largest absolute Gasteiger partial charge is 0.497 e. The average Bonchev–Trinajstić information content (AvgIpc) is 2.86. The van der Waals surface area contributed by atoms with Gasteiger partial charge in [-0.2, -0.15) is 5.10 Å². The highest BCUT2D eigenvalue weighted by Gasteiger charge is 2.29. The molecule has 188 valence electrons. The number of carbonyl (C=O) groups excluding carboxylic acids is 1. The van der Waals surface area contributed by atoms with Crippen LogP contribution in [0.4, 0.5) is 11.4 Å². The third-order valence-corrected chi connectivity index (χ3v) is 7.71. The number of nitrogens with one attached hydrogen (secondary N) is 1. The molecular weight excluding hydrogens is 599 g/mol. The molecule has 3 aromatic rings. The van der Waals surface area contributed by atoms with Crippen LogP contribution < -0.4 is 14.5 Å². The van der Waals surface area contributed by atoms with E-state index in [1.807, 2.05) is 24.3 Å². The van der Waals surface area contributed by atoms with Gasteiger partial charge < -0.3 is 4.74 Å². The molecule has 0 aromatic heterocycles. The third kappa shape index (κ3) is 6.37. The molecule has 1 N–H and O–H groups in total. The number of halogens is 1. The number of hydrogen-bond acceptors (Lipinski definition) is 7. The molecule has 0 aliphatic rings. The van der Waals surface area contributed by atoms with Gasteiger partial charge in [-0.25, -0.2) is 13.8 Å². The highest BCUT2D eigenvalue weighted by atomic mass is 127. The minimum atomic E-state index is -4.36. The third-order valence-electron chi connectivity index (χ3n) is 5.22. The smallest absolute Gasteiger partial charge is 0.273 e. The van der Waals surface area contributed by atoms with Crippen molar-refractivity contribution in [2.24, 2.45) is 5.10 Å². The molecule has 0 spiro atoms. The number of benzene rings is 3. The first-order valence-electron chi connectivity index (χ1n) is 10.5. The number of aryl methyl sites for hydroxylation is 1. The summed E-state index contributed by atoms with van der Waals surface area (Å²) in [5, 5.41) is 15.5. The van der Waals surface area contributed by atoms with Crippen LogP contribution in [-0.2, 0) is 14.8 Å². The lowest BCUT2D eigenvalue weighted by atomic mass is 10.1. The SMILES string of the molecule is COc1ccc(N(CC(=O)N/N=C(/C)c2ccc(I)cc2)S(=O)(=O)c2ccc(C)c([N+](=O)[O-])c2)cc1. The van der Waals surface area contributed by atoms with Gasteiger partial charge in [-0.1, -0.05) is 18.2 Å². The Hall–Kier alpha value is -3.52. The number of hydrazone groups is 1. The van der Waals surface area contributed by atoms with Crippen molar-refractivity contribution in [1.29, 1.82) is 0 Å². The molecular formula is C24H23IN4O6S. The summed E-state index contributed by atoms with van der Waals surface area (Å²) in [6.45, 7) is 2.61. The van der Waals surface area contributed by atoms with Gasteiger partial charge in [0, 0.05) is 15.2 Å². The molecule has 0 fully saturated rings. The van der Waals surface area contributed by atoms with Crippen LogP contribution in [0.3, 0.4) is 0 Å². The van der Waals surface area contributed by atoms with E-state index >= 15 is 0 Å². The predicted molar refractivity (Wildman–Crippen MR) is 145 cm³/mol. The Bertz CT molecular complexity index is 1410. The quantitative estimate of drug-likeness (QED) is 0.164. The van der Waals surface area contributed by atoms with Crippen molar-refractivity contribution in [2.45, 2.75) is 18.7 Å². The number of ether oxygens (including phenoxy) is 1. The van der Waals surface area contributed by atoms with Crippen LogP contribution >= 0.6 is 22.6 Å². The Morgan fingerprint density at radius 3 is 2.33 bits per heavy atom. The van der Waals surface area contributed by atoms with E-state index in [0.717, 1.165) is 19.5 Å². The molecule has 3 rings (SSSR count). The van der Waals surface area contributed by atoms with Crippen LogP contribution in [0.25, 0.3) is 0 Å². The van der Waals surface area contributed by atoms with Gasteiger partial charge in [-0.3, -0.25) is 19.2 Å². The predicted octanol–water partition coefficient (Wildman–Crippen LogP) is 4.25. The van der Waals surface area contributed by atoms with Gasteiger partial charge in [0.1, 0.15) is 12.3 Å². The molecule has 3 aromatic carbocycles. The van der Waals surface area contributed by atoms with Crippen LogP contribution in [-0.4, -0.2) is 38.6 Å². The lowest BCUT2D eigenvalue weighted by molar-refractivity contribution is -0.385. The Balaban J connectivity index is 1.94. The van der Waals surface area contributed by atoms with Gasteiger partial charge in [0.25, 0.3) is 21.6 Å². The van der Waals surface area contributed by atoms with Gasteiger partial charge in [0.2, 0.25) is 0 Å². The zero-order valence-electron chi connectivity index (χ0n) is 19.6. The van der Waals surface area contributed by atoms with Gasteiger partial charge in [0.05, 0.1) is 28.3 Å². The number of methoxy groups -OCH3 is 1. The van der Waals surface area contributed by atoms with Crippen LogP contribution in [0, 0.1) is 20.6 Å². The van der Waals surface area contributed by atoms with Crippen LogP contribution in [0.2, 0.25) is 0 Å². The molecule has 1 amide bonds. The second-order valence-electron chi connectivity index (χ2n) is 7.65. The number of nitrogens with zero attached hydrogens (tertiary/aromatic N) is 3. The Kier molecular flexibility index (Phi) is 8.63. The van der Waals surface area contributed by atoms with Crippen LogP contribution in [0.15, 0.2) is 76.7 Å². The number of carbonyl (C=O) groups is 1. The number of nitro benzene ring substituents is 1. The van der Waals surface area contributed by atoms with E-state index in [1.165, 1.54) is 38.3 Å². The normalized spacial score (nSPS) is 11.6. The van der Waals surface area contributed by atoms with E-state index in [0.29, 0.717) is 17.0 Å². The van der Waals surface area contributed by atoms with E-state index in [1.54, 1.807) is 19.1 Å². The molecule has 0 aliphatic carbocycles. The lowest BCUT2D eigenvalue weighted by Gasteiger charge is -2.24. The number of rotatable bonds is 9. The number of nitro groups is 1. The van der Waals surface area contributed by atoms with Gasteiger partial charge in [-0.15, -0.1) is 0 Å². The zero-order chi connectivity index (χ0) is 26.5. The second kappa shape index (κ2) is 11.5. The molecule has 0 radical (unpaired) electrons. The van der Waals surface area contributed by atoms with Crippen molar-refractivity contribution in [2.75, 3.05) is 18.0 Å². The molecule has 36 heavy (non-hydrogen) atoms. The van der Waals surface area contributed by atoms with Crippen molar-refractivity contribution in [1.82, 2.24) is 5.43 Å². The van der Waals surface area contributed by atoms with E-state index < -0.39 is 27.4 Å². The number of sulfonamides is 1. The molecule has 0 bridgehead atoms. The van der Waals surface area contributed by atoms with E-state index in [-0.39, 0.29) is 16.3 Å². The Morgan fingerprint density at radius 1 is 1.11 bits per heavy atom. The van der Waals surface area contributed by atoms with Crippen molar-refractivity contribution in [3.05, 3.63) is 91.5 Å². The second-order valence-corrected chi connectivity index (χ2v) is 10.8. The topological polar surface area (TPSA) is 131 Å². The number of amides is 1. The van der Waals surface area contributed by atoms with E-state index in [9.17, 15) is 23.3 Å². The highest BCUT2D eigenvalue weighted by Crippen LogP contribution is 2.29. The van der Waals surface area contributed by atoms with Crippen molar-refractivity contribution >= 4 is 55.6 Å². The molecule has 0 aliphatic heterocycles. The van der Waals surface area contributed by atoms with E-state index in [4.69, 9.17) is 4.74 Å². The number of anilines is 1. The summed E-state index contributed by atoms with van der Waals surface area (Å²) in [6, 6.07) is 17.2. The molecule has 10 nitrogen and oxygen atoms in total. The molecule has 0 saturated heterocycles. The molecule has 12 heteroatoms. The van der Waals surface area contributed by atoms with Gasteiger partial charge >= 0.3 is 0 Å². The summed E-state index contributed by atoms with van der Waals surface area (Å²) in [4.78, 5) is 23.2. The van der Waals surface area contributed by atoms with Crippen LogP contribution in [0.1, 0.15) is 18.1 Å². The van der Waals surface area contributed by atoms with E-state index in [2.05, 4.69) is 33.1 Å². The maximum atomic E-state index is 13.6. The standard InChI is InChI=1S/C24H23IN4O6S/c1-16-4-13-22(14-23(16)29(31)32)36(33,34)28(20-9-11-21(35-3)12-10-20)15-24(30)27-26-17(2)18-5-7-19(25)8-6-18/h4-14H,15H2,1-3H3,(H,27,30)/b26-17-. The first-order chi connectivity index (χ1) is 17.0. The summed E-state index contributed by atoms with van der Waals surface area (Å²) in [7, 11) is -2.89. The van der Waals surface area contributed by atoms with Crippen LogP contribution in [0.5, 0.6) is 5.75 Å². The first kappa shape index (κ1) is 27.1. The summed E-state index contributed by atoms with van der Waals surface area (Å²) in [5.74, 6) is -0.204.